The molecule has 0 spiro atoms. The third-order valence-electron chi connectivity index (χ3n) is 5.61. The number of likely N-dealkylation sites (tertiary alicyclic amines) is 1. The van der Waals surface area contributed by atoms with Crippen molar-refractivity contribution in [1.82, 2.24) is 49.6 Å². The Hall–Kier alpha value is -3.83. The van der Waals surface area contributed by atoms with E-state index in [4.69, 9.17) is 9.72 Å². The number of hydrogen-bond acceptors (Lipinski definition) is 8. The number of imidazole rings is 1. The van der Waals surface area contributed by atoms with Crippen LogP contribution in [0.15, 0.2) is 18.7 Å². The Morgan fingerprint density at radius 3 is 2.94 bits per heavy atom. The van der Waals surface area contributed by atoms with Gasteiger partial charge in [0.15, 0.2) is 16.9 Å². The number of fused-ring (bicyclic) bond motifs is 1. The van der Waals surface area contributed by atoms with Gasteiger partial charge < -0.3 is 14.2 Å². The summed E-state index contributed by atoms with van der Waals surface area (Å²) in [6.45, 7) is 5.88. The van der Waals surface area contributed by atoms with Crippen LogP contribution >= 0.6 is 0 Å². The molecule has 4 aromatic heterocycles. The van der Waals surface area contributed by atoms with Crippen molar-refractivity contribution >= 4 is 17.1 Å². The smallest absolute Gasteiger partial charge is 0.276 e. The summed E-state index contributed by atoms with van der Waals surface area (Å²) in [7, 11) is 1.91. The maximum atomic E-state index is 12.5. The van der Waals surface area contributed by atoms with Gasteiger partial charge in [-0.25, -0.2) is 9.97 Å². The molecule has 12 heteroatoms. The van der Waals surface area contributed by atoms with E-state index in [1.54, 1.807) is 4.90 Å². The lowest BCUT2D eigenvalue weighted by molar-refractivity contribution is 0.0765. The molecule has 0 unspecified atom stereocenters. The first-order chi connectivity index (χ1) is 15.1. The monoisotopic (exact) mass is 422 g/mol. The number of hydrogen-bond donors (Lipinski definition) is 1. The largest absolute Gasteiger partial charge is 0.471 e. The minimum atomic E-state index is -0.191. The lowest BCUT2D eigenvalue weighted by Crippen LogP contribution is -2.31. The second-order valence-corrected chi connectivity index (χ2v) is 7.44. The van der Waals surface area contributed by atoms with E-state index < -0.39 is 0 Å². The first kappa shape index (κ1) is 19.2. The Bertz CT molecular complexity index is 1240. The van der Waals surface area contributed by atoms with E-state index in [9.17, 15) is 4.79 Å². The molecule has 5 heterocycles. The van der Waals surface area contributed by atoms with Gasteiger partial charge >= 0.3 is 0 Å². The number of amides is 1. The lowest BCUT2D eigenvalue weighted by atomic mass is 10.2. The SMILES string of the molecule is CCn1ncc(-c2nc3c(O[C@H]4CCN(C(=O)c5cn[nH]n5)C4)ncnc3n2C)c1C. The molecule has 0 radical (unpaired) electrons. The number of ether oxygens (including phenoxy) is 1. The number of aromatic amines is 1. The van der Waals surface area contributed by atoms with E-state index in [-0.39, 0.29) is 12.0 Å². The number of nitrogens with zero attached hydrogens (tertiary/aromatic N) is 9. The fraction of sp³-hybridized carbons (Fsp3) is 0.421. The highest BCUT2D eigenvalue weighted by molar-refractivity contribution is 5.92. The standard InChI is InChI=1S/C19H22N10O2/c1-4-29-11(2)13(7-23-29)16-24-15-17(27(16)3)20-10-21-18(15)31-12-5-6-28(9-12)19(30)14-8-22-26-25-14/h7-8,10,12H,4-6,9H2,1-3H3,(H,22,25,26)/t12-/m0/s1. The van der Waals surface area contributed by atoms with Crippen LogP contribution in [0.2, 0.25) is 0 Å². The van der Waals surface area contributed by atoms with E-state index in [0.717, 1.165) is 23.6 Å². The first-order valence-corrected chi connectivity index (χ1v) is 10.1. The van der Waals surface area contributed by atoms with E-state index in [0.29, 0.717) is 42.2 Å². The highest BCUT2D eigenvalue weighted by atomic mass is 16.5. The average Bonchev–Trinajstić information content (AvgIpc) is 3.56. The molecule has 0 bridgehead atoms. The van der Waals surface area contributed by atoms with Crippen molar-refractivity contribution in [3.05, 3.63) is 30.1 Å². The quantitative estimate of drug-likeness (QED) is 0.503. The van der Waals surface area contributed by atoms with Gasteiger partial charge in [-0.2, -0.15) is 25.5 Å². The van der Waals surface area contributed by atoms with Crippen LogP contribution < -0.4 is 4.74 Å². The van der Waals surface area contributed by atoms with Crippen molar-refractivity contribution in [2.24, 2.45) is 7.05 Å². The molecule has 1 fully saturated rings. The van der Waals surface area contributed by atoms with Crippen molar-refractivity contribution in [3.63, 3.8) is 0 Å². The average molecular weight is 422 g/mol. The zero-order valence-corrected chi connectivity index (χ0v) is 17.5. The molecular weight excluding hydrogens is 400 g/mol. The van der Waals surface area contributed by atoms with E-state index in [1.807, 2.05) is 36.3 Å². The molecule has 0 saturated carbocycles. The maximum Gasteiger partial charge on any atom is 0.276 e. The number of aromatic nitrogens is 9. The van der Waals surface area contributed by atoms with Gasteiger partial charge in [-0.1, -0.05) is 0 Å². The highest BCUT2D eigenvalue weighted by Crippen LogP contribution is 2.30. The van der Waals surface area contributed by atoms with Crippen LogP contribution in [0.5, 0.6) is 5.88 Å². The van der Waals surface area contributed by atoms with Gasteiger partial charge in [0.2, 0.25) is 5.88 Å². The molecule has 1 amide bonds. The summed E-state index contributed by atoms with van der Waals surface area (Å²) in [5, 5.41) is 14.4. The summed E-state index contributed by atoms with van der Waals surface area (Å²) < 4.78 is 10.0. The normalized spacial score (nSPS) is 16.4. The van der Waals surface area contributed by atoms with Crippen LogP contribution in [0, 0.1) is 6.92 Å². The number of H-pyrrole nitrogens is 1. The Morgan fingerprint density at radius 1 is 1.32 bits per heavy atom. The predicted molar refractivity (Wildman–Crippen MR) is 109 cm³/mol. The minimum absolute atomic E-state index is 0.170. The van der Waals surface area contributed by atoms with E-state index >= 15 is 0 Å². The number of aryl methyl sites for hydroxylation is 2. The molecular formula is C19H22N10O2. The van der Waals surface area contributed by atoms with Crippen LogP contribution in [0.1, 0.15) is 29.5 Å². The maximum absolute atomic E-state index is 12.5. The van der Waals surface area contributed by atoms with Gasteiger partial charge in [0.25, 0.3) is 5.91 Å². The Labute approximate surface area is 177 Å². The van der Waals surface area contributed by atoms with Gasteiger partial charge in [-0.15, -0.1) is 0 Å². The summed E-state index contributed by atoms with van der Waals surface area (Å²) in [6.07, 6.45) is 5.21. The van der Waals surface area contributed by atoms with Crippen LogP contribution in [0.25, 0.3) is 22.6 Å². The fourth-order valence-corrected chi connectivity index (χ4v) is 3.92. The predicted octanol–water partition coefficient (Wildman–Crippen LogP) is 0.967. The lowest BCUT2D eigenvalue weighted by Gasteiger charge is -2.15. The summed E-state index contributed by atoms with van der Waals surface area (Å²) in [6, 6.07) is 0. The number of carbonyl (C=O) groups excluding carboxylic acids is 1. The van der Waals surface area contributed by atoms with Gasteiger partial charge in [0, 0.05) is 32.3 Å². The van der Waals surface area contributed by atoms with Crippen molar-refractivity contribution in [1.29, 1.82) is 0 Å². The first-order valence-electron chi connectivity index (χ1n) is 10.1. The fourth-order valence-electron chi connectivity index (χ4n) is 3.92. The van der Waals surface area contributed by atoms with Gasteiger partial charge in [-0.3, -0.25) is 9.48 Å². The Morgan fingerprint density at radius 2 is 2.19 bits per heavy atom. The molecule has 0 aliphatic carbocycles. The molecule has 12 nitrogen and oxygen atoms in total. The second-order valence-electron chi connectivity index (χ2n) is 7.44. The topological polar surface area (TPSA) is 133 Å². The van der Waals surface area contributed by atoms with E-state index in [2.05, 4.69) is 30.5 Å². The van der Waals surface area contributed by atoms with Gasteiger partial charge in [0.1, 0.15) is 18.3 Å². The number of rotatable bonds is 5. The van der Waals surface area contributed by atoms with Gasteiger partial charge in [0.05, 0.1) is 24.5 Å². The summed E-state index contributed by atoms with van der Waals surface area (Å²) >= 11 is 0. The van der Waals surface area contributed by atoms with E-state index in [1.165, 1.54) is 12.5 Å². The van der Waals surface area contributed by atoms with Crippen molar-refractivity contribution < 1.29 is 9.53 Å². The summed E-state index contributed by atoms with van der Waals surface area (Å²) in [4.78, 5) is 27.7. The molecule has 1 aliphatic heterocycles. The molecule has 160 valence electrons. The molecule has 1 N–H and O–H groups in total. The molecule has 0 aromatic carbocycles. The molecule has 1 atom stereocenters. The Kier molecular flexibility index (Phi) is 4.60. The number of carbonyl (C=O) groups is 1. The van der Waals surface area contributed by atoms with Crippen LogP contribution in [-0.4, -0.2) is 74.7 Å². The summed E-state index contributed by atoms with van der Waals surface area (Å²) in [5.74, 6) is 0.996. The van der Waals surface area contributed by atoms with Gasteiger partial charge in [-0.05, 0) is 13.8 Å². The molecule has 1 saturated heterocycles. The zero-order chi connectivity index (χ0) is 21.5. The zero-order valence-electron chi connectivity index (χ0n) is 17.5. The second kappa shape index (κ2) is 7.45. The summed E-state index contributed by atoms with van der Waals surface area (Å²) in [5.41, 5.74) is 3.54. The third kappa shape index (κ3) is 3.20. The number of nitrogens with one attached hydrogen (secondary N) is 1. The molecule has 1 aliphatic rings. The van der Waals surface area contributed by atoms with Crippen molar-refractivity contribution in [2.75, 3.05) is 13.1 Å². The van der Waals surface area contributed by atoms with Crippen LogP contribution in [0.4, 0.5) is 0 Å². The highest BCUT2D eigenvalue weighted by Gasteiger charge is 2.30. The Balaban J connectivity index is 1.41. The van der Waals surface area contributed by atoms with Crippen molar-refractivity contribution in [2.45, 2.75) is 32.9 Å². The van der Waals surface area contributed by atoms with Crippen LogP contribution in [-0.2, 0) is 13.6 Å². The molecule has 4 aromatic rings. The van der Waals surface area contributed by atoms with Crippen molar-refractivity contribution in [3.8, 4) is 17.3 Å². The molecule has 31 heavy (non-hydrogen) atoms. The third-order valence-corrected chi connectivity index (χ3v) is 5.61. The minimum Gasteiger partial charge on any atom is -0.471 e. The molecule has 5 rings (SSSR count). The van der Waals surface area contributed by atoms with Crippen LogP contribution in [0.3, 0.4) is 0 Å².